The molecule has 0 heterocycles. The average molecular weight is 374 g/mol. The summed E-state index contributed by atoms with van der Waals surface area (Å²) in [7, 11) is 0. The number of rotatable bonds is 7. The zero-order chi connectivity index (χ0) is 17.5. The van der Waals surface area contributed by atoms with Crippen LogP contribution in [0.25, 0.3) is 5.57 Å². The first-order valence-electron chi connectivity index (χ1n) is 9.04. The van der Waals surface area contributed by atoms with E-state index in [1.807, 2.05) is 0 Å². The molecule has 0 bridgehead atoms. The second-order valence-corrected chi connectivity index (χ2v) is 7.20. The van der Waals surface area contributed by atoms with Gasteiger partial charge >= 0.3 is 0 Å². The van der Waals surface area contributed by atoms with Crippen LogP contribution < -0.4 is 0 Å². The molecule has 1 nitrogen and oxygen atoms in total. The Morgan fingerprint density at radius 1 is 0.760 bits per heavy atom. The summed E-state index contributed by atoms with van der Waals surface area (Å²) in [6, 6.07) is 17.6. The molecular weight excluding hydrogens is 349 g/mol. The van der Waals surface area contributed by atoms with E-state index in [1.54, 1.807) is 0 Å². The van der Waals surface area contributed by atoms with Crippen molar-refractivity contribution < 1.29 is 0 Å². The van der Waals surface area contributed by atoms with Gasteiger partial charge in [-0.05, 0) is 47.1 Å². The van der Waals surface area contributed by atoms with Gasteiger partial charge in [-0.2, -0.15) is 0 Å². The summed E-state index contributed by atoms with van der Waals surface area (Å²) in [5.74, 6) is 1.30. The van der Waals surface area contributed by atoms with Crippen LogP contribution in [0.15, 0.2) is 54.6 Å². The van der Waals surface area contributed by atoms with Crippen LogP contribution >= 0.6 is 23.2 Å². The molecule has 0 atom stereocenters. The van der Waals surface area contributed by atoms with Crippen LogP contribution in [0, 0.1) is 0 Å². The molecule has 2 aromatic carbocycles. The number of nitrogens with zero attached hydrogens (tertiary/aromatic N) is 1. The lowest BCUT2D eigenvalue weighted by Crippen LogP contribution is -2.28. The maximum Gasteiger partial charge on any atom is 0.0351 e. The average Bonchev–Trinajstić information content (AvgIpc) is 2.80. The Morgan fingerprint density at radius 3 is 1.80 bits per heavy atom. The number of benzene rings is 2. The van der Waals surface area contributed by atoms with E-state index in [-0.39, 0.29) is 0 Å². The second-order valence-electron chi connectivity index (χ2n) is 6.44. The van der Waals surface area contributed by atoms with Crippen molar-refractivity contribution in [3.05, 3.63) is 76.9 Å². The van der Waals surface area contributed by atoms with Crippen LogP contribution in [0.4, 0.5) is 0 Å². The quantitative estimate of drug-likeness (QED) is 0.588. The Bertz CT molecular complexity index is 668. The van der Waals surface area contributed by atoms with Crippen molar-refractivity contribution in [1.29, 1.82) is 0 Å². The Morgan fingerprint density at radius 2 is 1.28 bits per heavy atom. The third-order valence-electron chi connectivity index (χ3n) is 4.87. The molecule has 1 aliphatic carbocycles. The maximum absolute atomic E-state index is 5.91. The van der Waals surface area contributed by atoms with E-state index < -0.39 is 0 Å². The van der Waals surface area contributed by atoms with Gasteiger partial charge in [-0.3, -0.25) is 0 Å². The smallest absolute Gasteiger partial charge is 0.0351 e. The van der Waals surface area contributed by atoms with Crippen molar-refractivity contribution in [3.63, 3.8) is 0 Å². The lowest BCUT2D eigenvalue weighted by atomic mass is 9.93. The van der Waals surface area contributed by atoms with Crippen molar-refractivity contribution >= 4 is 28.8 Å². The molecule has 0 aliphatic heterocycles. The molecule has 1 aliphatic rings. The molecule has 0 aromatic heterocycles. The van der Waals surface area contributed by atoms with Crippen LogP contribution in [0.5, 0.6) is 0 Å². The molecule has 0 amide bonds. The molecule has 0 fully saturated rings. The van der Waals surface area contributed by atoms with E-state index in [4.69, 9.17) is 23.2 Å². The standard InChI is InChI=1S/C22H25Cl2N/c23-13-16-25(17-14-24)15-5-10-22-20-8-3-1-6-18(20)11-12-19-7-2-4-9-21(19)22/h1-4,6-10H,5,11-17H2. The molecule has 132 valence electrons. The monoisotopic (exact) mass is 373 g/mol. The molecule has 0 radical (unpaired) electrons. The molecule has 0 spiro atoms. The molecule has 0 saturated carbocycles. The molecule has 3 heteroatoms. The first kappa shape index (κ1) is 18.5. The van der Waals surface area contributed by atoms with Gasteiger partial charge in [-0.1, -0.05) is 54.6 Å². The SMILES string of the molecule is ClCCN(CCCl)CCC=C1c2ccccc2CCc2ccccc21. The van der Waals surface area contributed by atoms with E-state index in [0.29, 0.717) is 11.8 Å². The minimum atomic E-state index is 0.652. The fourth-order valence-electron chi connectivity index (χ4n) is 3.60. The van der Waals surface area contributed by atoms with E-state index in [9.17, 15) is 0 Å². The van der Waals surface area contributed by atoms with Gasteiger partial charge in [-0.15, -0.1) is 23.2 Å². The zero-order valence-electron chi connectivity index (χ0n) is 14.6. The number of halogens is 2. The van der Waals surface area contributed by atoms with Crippen molar-refractivity contribution in [2.75, 3.05) is 31.4 Å². The van der Waals surface area contributed by atoms with E-state index in [0.717, 1.165) is 38.9 Å². The van der Waals surface area contributed by atoms with Crippen molar-refractivity contribution in [3.8, 4) is 0 Å². The molecule has 2 aromatic rings. The lowest BCUT2D eigenvalue weighted by molar-refractivity contribution is 0.314. The summed E-state index contributed by atoms with van der Waals surface area (Å²) in [6.07, 6.45) is 5.62. The van der Waals surface area contributed by atoms with Gasteiger partial charge in [0.2, 0.25) is 0 Å². The number of aryl methyl sites for hydroxylation is 2. The van der Waals surface area contributed by atoms with Crippen molar-refractivity contribution in [2.24, 2.45) is 0 Å². The summed E-state index contributed by atoms with van der Waals surface area (Å²) < 4.78 is 0. The number of hydrogen-bond acceptors (Lipinski definition) is 1. The highest BCUT2D eigenvalue weighted by atomic mass is 35.5. The van der Waals surface area contributed by atoms with Crippen LogP contribution in [0.3, 0.4) is 0 Å². The predicted molar refractivity (Wildman–Crippen MR) is 110 cm³/mol. The third-order valence-corrected chi connectivity index (χ3v) is 5.21. The molecule has 25 heavy (non-hydrogen) atoms. The van der Waals surface area contributed by atoms with Gasteiger partial charge in [0, 0.05) is 31.4 Å². The summed E-state index contributed by atoms with van der Waals surface area (Å²) in [6.45, 7) is 2.78. The topological polar surface area (TPSA) is 3.24 Å². The van der Waals surface area contributed by atoms with E-state index >= 15 is 0 Å². The van der Waals surface area contributed by atoms with Crippen LogP contribution in [0.1, 0.15) is 28.7 Å². The van der Waals surface area contributed by atoms with Crippen LogP contribution in [-0.4, -0.2) is 36.3 Å². The fourth-order valence-corrected chi connectivity index (χ4v) is 4.08. The van der Waals surface area contributed by atoms with E-state index in [1.165, 1.54) is 27.8 Å². The van der Waals surface area contributed by atoms with Gasteiger partial charge in [0.15, 0.2) is 0 Å². The highest BCUT2D eigenvalue weighted by Gasteiger charge is 2.17. The van der Waals surface area contributed by atoms with Crippen molar-refractivity contribution in [1.82, 2.24) is 4.90 Å². The Labute approximate surface area is 161 Å². The van der Waals surface area contributed by atoms with Gasteiger partial charge < -0.3 is 4.90 Å². The minimum Gasteiger partial charge on any atom is -0.301 e. The second kappa shape index (κ2) is 9.43. The summed E-state index contributed by atoms with van der Waals surface area (Å²) in [4.78, 5) is 2.34. The fraction of sp³-hybridized carbons (Fsp3) is 0.364. The molecule has 0 N–H and O–H groups in total. The number of alkyl halides is 2. The Balaban J connectivity index is 1.88. The van der Waals surface area contributed by atoms with Crippen LogP contribution in [-0.2, 0) is 12.8 Å². The molecule has 0 saturated heterocycles. The van der Waals surface area contributed by atoms with Gasteiger partial charge in [0.1, 0.15) is 0 Å². The highest BCUT2D eigenvalue weighted by molar-refractivity contribution is 6.18. The summed E-state index contributed by atoms with van der Waals surface area (Å²) in [5, 5.41) is 0. The Hall–Kier alpha value is -1.28. The van der Waals surface area contributed by atoms with Gasteiger partial charge in [0.25, 0.3) is 0 Å². The van der Waals surface area contributed by atoms with Crippen LogP contribution in [0.2, 0.25) is 0 Å². The molecular formula is C22H25Cl2N. The summed E-state index contributed by atoms with van der Waals surface area (Å²) in [5.41, 5.74) is 7.04. The zero-order valence-corrected chi connectivity index (χ0v) is 16.1. The Kier molecular flexibility index (Phi) is 6.98. The number of hydrogen-bond donors (Lipinski definition) is 0. The minimum absolute atomic E-state index is 0.652. The number of fused-ring (bicyclic) bond motifs is 2. The largest absolute Gasteiger partial charge is 0.301 e. The first-order chi connectivity index (χ1) is 12.3. The first-order valence-corrected chi connectivity index (χ1v) is 10.1. The molecule has 0 unspecified atom stereocenters. The normalized spacial score (nSPS) is 13.3. The lowest BCUT2D eigenvalue weighted by Gasteiger charge is -2.19. The predicted octanol–water partition coefficient (Wildman–Crippen LogP) is 5.39. The van der Waals surface area contributed by atoms with Crippen molar-refractivity contribution in [2.45, 2.75) is 19.3 Å². The summed E-state index contributed by atoms with van der Waals surface area (Å²) >= 11 is 11.8. The van der Waals surface area contributed by atoms with Gasteiger partial charge in [0.05, 0.1) is 0 Å². The van der Waals surface area contributed by atoms with E-state index in [2.05, 4.69) is 59.5 Å². The third kappa shape index (κ3) is 4.67. The molecule has 3 rings (SSSR count). The van der Waals surface area contributed by atoms with Gasteiger partial charge in [-0.25, -0.2) is 0 Å². The maximum atomic E-state index is 5.91. The highest BCUT2D eigenvalue weighted by Crippen LogP contribution is 2.33.